The summed E-state index contributed by atoms with van der Waals surface area (Å²) in [5, 5.41) is 8.54. The minimum absolute atomic E-state index is 0.00472. The first-order valence-corrected chi connectivity index (χ1v) is 8.58. The third kappa shape index (κ3) is 3.64. The molecule has 0 bridgehead atoms. The SMILES string of the molecule is CCn1cc(Br)c(C(=O)N2CCN(Cc3cnn(C)c3)CC2)n1. The van der Waals surface area contributed by atoms with Gasteiger partial charge in [0.1, 0.15) is 0 Å². The van der Waals surface area contributed by atoms with E-state index in [4.69, 9.17) is 0 Å². The van der Waals surface area contributed by atoms with Crippen LogP contribution in [0.1, 0.15) is 23.0 Å². The van der Waals surface area contributed by atoms with Gasteiger partial charge in [-0.1, -0.05) is 0 Å². The molecule has 0 unspecified atom stereocenters. The fourth-order valence-electron chi connectivity index (χ4n) is 2.77. The number of nitrogens with zero attached hydrogens (tertiary/aromatic N) is 6. The lowest BCUT2D eigenvalue weighted by molar-refractivity contribution is 0.0621. The molecule has 3 rings (SSSR count). The number of amides is 1. The minimum atomic E-state index is 0.00472. The van der Waals surface area contributed by atoms with E-state index in [1.165, 1.54) is 5.56 Å². The van der Waals surface area contributed by atoms with Crippen LogP contribution in [0.15, 0.2) is 23.1 Å². The van der Waals surface area contributed by atoms with Crippen LogP contribution < -0.4 is 0 Å². The van der Waals surface area contributed by atoms with E-state index in [0.717, 1.165) is 43.7 Å². The molecule has 1 aliphatic heterocycles. The van der Waals surface area contributed by atoms with Gasteiger partial charge in [-0.25, -0.2) is 0 Å². The summed E-state index contributed by atoms with van der Waals surface area (Å²) in [6, 6.07) is 0. The number of aryl methyl sites for hydroxylation is 2. The molecular weight excluding hydrogens is 360 g/mol. The normalized spacial score (nSPS) is 16.0. The Morgan fingerprint density at radius 2 is 2.00 bits per heavy atom. The Kier molecular flexibility index (Phi) is 4.82. The van der Waals surface area contributed by atoms with Gasteiger partial charge >= 0.3 is 0 Å². The van der Waals surface area contributed by atoms with Crippen molar-refractivity contribution in [3.8, 4) is 0 Å². The molecule has 1 aliphatic rings. The first kappa shape index (κ1) is 16.2. The summed E-state index contributed by atoms with van der Waals surface area (Å²) < 4.78 is 4.36. The highest BCUT2D eigenvalue weighted by Gasteiger charge is 2.25. The fraction of sp³-hybridized carbons (Fsp3) is 0.533. The van der Waals surface area contributed by atoms with Gasteiger partial charge in [0.15, 0.2) is 5.69 Å². The molecule has 124 valence electrons. The molecule has 23 heavy (non-hydrogen) atoms. The van der Waals surface area contributed by atoms with Crippen LogP contribution in [-0.4, -0.2) is 61.4 Å². The Morgan fingerprint density at radius 1 is 1.26 bits per heavy atom. The van der Waals surface area contributed by atoms with E-state index in [1.54, 1.807) is 4.68 Å². The molecule has 2 aromatic heterocycles. The quantitative estimate of drug-likeness (QED) is 0.803. The van der Waals surface area contributed by atoms with Crippen molar-refractivity contribution in [3.05, 3.63) is 34.3 Å². The van der Waals surface area contributed by atoms with Gasteiger partial charge in [0.25, 0.3) is 5.91 Å². The second-order valence-corrected chi connectivity index (χ2v) is 6.63. The molecule has 2 aromatic rings. The molecule has 8 heteroatoms. The largest absolute Gasteiger partial charge is 0.335 e. The molecule has 1 amide bonds. The topological polar surface area (TPSA) is 59.2 Å². The summed E-state index contributed by atoms with van der Waals surface area (Å²) in [6.07, 6.45) is 5.78. The van der Waals surface area contributed by atoms with Crippen LogP contribution in [0.4, 0.5) is 0 Å². The van der Waals surface area contributed by atoms with Gasteiger partial charge in [-0.2, -0.15) is 10.2 Å². The van der Waals surface area contributed by atoms with E-state index in [1.807, 2.05) is 42.1 Å². The Labute approximate surface area is 144 Å². The van der Waals surface area contributed by atoms with Gasteiger partial charge in [0.05, 0.1) is 10.7 Å². The Hall–Kier alpha value is -1.67. The zero-order chi connectivity index (χ0) is 16.4. The summed E-state index contributed by atoms with van der Waals surface area (Å²) in [4.78, 5) is 16.8. The van der Waals surface area contributed by atoms with E-state index >= 15 is 0 Å². The Bertz CT molecular complexity index is 686. The van der Waals surface area contributed by atoms with Crippen molar-refractivity contribution < 1.29 is 4.79 Å². The number of rotatable bonds is 4. The van der Waals surface area contributed by atoms with Crippen molar-refractivity contribution in [1.29, 1.82) is 0 Å². The van der Waals surface area contributed by atoms with Crippen LogP contribution >= 0.6 is 15.9 Å². The van der Waals surface area contributed by atoms with Crippen LogP contribution in [-0.2, 0) is 20.1 Å². The highest BCUT2D eigenvalue weighted by molar-refractivity contribution is 9.10. The zero-order valence-corrected chi connectivity index (χ0v) is 15.0. The van der Waals surface area contributed by atoms with Gasteiger partial charge in [-0.05, 0) is 22.9 Å². The van der Waals surface area contributed by atoms with E-state index in [0.29, 0.717) is 5.69 Å². The maximum absolute atomic E-state index is 12.6. The number of piperazine rings is 1. The van der Waals surface area contributed by atoms with Crippen molar-refractivity contribution in [2.24, 2.45) is 7.05 Å². The van der Waals surface area contributed by atoms with Crippen LogP contribution in [0.5, 0.6) is 0 Å². The average molecular weight is 381 g/mol. The van der Waals surface area contributed by atoms with Crippen molar-refractivity contribution in [3.63, 3.8) is 0 Å². The summed E-state index contributed by atoms with van der Waals surface area (Å²) in [5.41, 5.74) is 1.71. The van der Waals surface area contributed by atoms with Crippen LogP contribution in [0.2, 0.25) is 0 Å². The number of aromatic nitrogens is 4. The van der Waals surface area contributed by atoms with Gasteiger partial charge in [0.2, 0.25) is 0 Å². The first-order chi connectivity index (χ1) is 11.1. The van der Waals surface area contributed by atoms with Crippen molar-refractivity contribution >= 4 is 21.8 Å². The predicted molar refractivity (Wildman–Crippen MR) is 90.0 cm³/mol. The van der Waals surface area contributed by atoms with E-state index < -0.39 is 0 Å². The molecule has 0 radical (unpaired) electrons. The predicted octanol–water partition coefficient (Wildman–Crippen LogP) is 1.36. The molecule has 1 fully saturated rings. The van der Waals surface area contributed by atoms with Gasteiger partial charge in [-0.15, -0.1) is 0 Å². The Morgan fingerprint density at radius 3 is 2.57 bits per heavy atom. The lowest BCUT2D eigenvalue weighted by atomic mass is 10.2. The molecule has 1 saturated heterocycles. The summed E-state index contributed by atoms with van der Waals surface area (Å²) in [7, 11) is 1.92. The number of carbonyl (C=O) groups is 1. The number of halogens is 1. The van der Waals surface area contributed by atoms with Crippen molar-refractivity contribution in [2.45, 2.75) is 20.0 Å². The molecule has 0 N–H and O–H groups in total. The lowest BCUT2D eigenvalue weighted by Crippen LogP contribution is -2.48. The third-order valence-corrected chi connectivity index (χ3v) is 4.65. The molecule has 3 heterocycles. The standard InChI is InChI=1S/C15H21BrN6O/c1-3-22-11-13(16)14(18-22)15(23)21-6-4-20(5-7-21)10-12-8-17-19(2)9-12/h8-9,11H,3-7,10H2,1-2H3. The lowest BCUT2D eigenvalue weighted by Gasteiger charge is -2.34. The first-order valence-electron chi connectivity index (χ1n) is 7.79. The second kappa shape index (κ2) is 6.84. The van der Waals surface area contributed by atoms with Gasteiger partial charge < -0.3 is 4.90 Å². The molecule has 0 saturated carbocycles. The van der Waals surface area contributed by atoms with E-state index in [9.17, 15) is 4.79 Å². The van der Waals surface area contributed by atoms with Crippen LogP contribution in [0, 0.1) is 0 Å². The fourth-order valence-corrected chi connectivity index (χ4v) is 3.26. The average Bonchev–Trinajstić information content (AvgIpc) is 3.13. The van der Waals surface area contributed by atoms with E-state index in [-0.39, 0.29) is 5.91 Å². The van der Waals surface area contributed by atoms with Gasteiger partial charge in [-0.3, -0.25) is 19.1 Å². The number of carbonyl (C=O) groups excluding carboxylic acids is 1. The number of hydrogen-bond acceptors (Lipinski definition) is 4. The highest BCUT2D eigenvalue weighted by Crippen LogP contribution is 2.18. The summed E-state index contributed by atoms with van der Waals surface area (Å²) in [6.45, 7) is 6.83. The summed E-state index contributed by atoms with van der Waals surface area (Å²) >= 11 is 3.43. The molecule has 0 atom stereocenters. The van der Waals surface area contributed by atoms with Crippen molar-refractivity contribution in [2.75, 3.05) is 26.2 Å². The summed E-state index contributed by atoms with van der Waals surface area (Å²) in [5.74, 6) is 0.00472. The third-order valence-electron chi connectivity index (χ3n) is 4.07. The van der Waals surface area contributed by atoms with E-state index in [2.05, 4.69) is 31.0 Å². The van der Waals surface area contributed by atoms with Crippen LogP contribution in [0.3, 0.4) is 0 Å². The minimum Gasteiger partial charge on any atom is -0.335 e. The monoisotopic (exact) mass is 380 g/mol. The Balaban J connectivity index is 1.57. The smallest absolute Gasteiger partial charge is 0.275 e. The van der Waals surface area contributed by atoms with Crippen LogP contribution in [0.25, 0.3) is 0 Å². The molecule has 7 nitrogen and oxygen atoms in total. The van der Waals surface area contributed by atoms with Gasteiger partial charge in [0, 0.05) is 64.3 Å². The molecule has 0 spiro atoms. The molecule has 0 aliphatic carbocycles. The zero-order valence-electron chi connectivity index (χ0n) is 13.4. The van der Waals surface area contributed by atoms with Crippen molar-refractivity contribution in [1.82, 2.24) is 29.4 Å². The molecular formula is C15H21BrN6O. The maximum atomic E-state index is 12.6. The second-order valence-electron chi connectivity index (χ2n) is 5.77. The highest BCUT2D eigenvalue weighted by atomic mass is 79.9. The maximum Gasteiger partial charge on any atom is 0.275 e. The number of hydrogen-bond donors (Lipinski definition) is 0. The molecule has 0 aromatic carbocycles.